The van der Waals surface area contributed by atoms with Crippen LogP contribution in [-0.2, 0) is 5.54 Å². The number of aromatic nitrogens is 4. The Morgan fingerprint density at radius 1 is 1.08 bits per heavy atom. The molecule has 2 aromatic rings. The smallest absolute Gasteiger partial charge is 0.173 e. The summed E-state index contributed by atoms with van der Waals surface area (Å²) in [5.74, 6) is 0.945. The van der Waals surface area contributed by atoms with Crippen molar-refractivity contribution in [2.45, 2.75) is 45.7 Å². The monoisotopic (exact) mass is 342 g/mol. The van der Waals surface area contributed by atoms with Crippen molar-refractivity contribution >= 4 is 0 Å². The van der Waals surface area contributed by atoms with E-state index in [1.807, 2.05) is 4.68 Å². The summed E-state index contributed by atoms with van der Waals surface area (Å²) in [4.78, 5) is 4.89. The van der Waals surface area contributed by atoms with Crippen molar-refractivity contribution in [3.05, 3.63) is 41.2 Å². The lowest BCUT2D eigenvalue weighted by Gasteiger charge is -2.38. The molecule has 136 valence electrons. The minimum atomic E-state index is -0.103. The van der Waals surface area contributed by atoms with Gasteiger partial charge in [0, 0.05) is 26.2 Å². The summed E-state index contributed by atoms with van der Waals surface area (Å²) in [6.45, 7) is 12.9. The molecule has 0 saturated carbocycles. The third kappa shape index (κ3) is 3.75. The number of nitrogens with zero attached hydrogens (tertiary/aromatic N) is 6. The third-order valence-electron chi connectivity index (χ3n) is 5.47. The molecular weight excluding hydrogens is 312 g/mol. The van der Waals surface area contributed by atoms with Crippen LogP contribution in [0.4, 0.5) is 0 Å². The lowest BCUT2D eigenvalue weighted by Crippen LogP contribution is -2.47. The van der Waals surface area contributed by atoms with Crippen LogP contribution in [0.3, 0.4) is 0 Å². The van der Waals surface area contributed by atoms with Crippen LogP contribution in [0.5, 0.6) is 0 Å². The first kappa shape index (κ1) is 18.0. The van der Waals surface area contributed by atoms with Gasteiger partial charge in [0.25, 0.3) is 0 Å². The predicted molar refractivity (Wildman–Crippen MR) is 99.5 cm³/mol. The maximum atomic E-state index is 4.47. The first-order valence-corrected chi connectivity index (χ1v) is 9.20. The summed E-state index contributed by atoms with van der Waals surface area (Å²) in [6, 6.07) is 8.89. The molecule has 0 spiro atoms. The highest BCUT2D eigenvalue weighted by atomic mass is 15.6. The van der Waals surface area contributed by atoms with Gasteiger partial charge in [0.15, 0.2) is 5.82 Å². The molecule has 1 atom stereocenters. The van der Waals surface area contributed by atoms with Gasteiger partial charge >= 0.3 is 0 Å². The average Bonchev–Trinajstić information content (AvgIpc) is 3.09. The molecule has 1 saturated heterocycles. The molecule has 6 heteroatoms. The zero-order valence-electron chi connectivity index (χ0n) is 16.1. The van der Waals surface area contributed by atoms with E-state index < -0.39 is 0 Å². The molecule has 0 bridgehead atoms. The van der Waals surface area contributed by atoms with Crippen molar-refractivity contribution in [1.29, 1.82) is 0 Å². The highest BCUT2D eigenvalue weighted by Crippen LogP contribution is 2.31. The van der Waals surface area contributed by atoms with Crippen LogP contribution >= 0.6 is 0 Å². The van der Waals surface area contributed by atoms with Gasteiger partial charge in [0.05, 0.1) is 11.6 Å². The second-order valence-corrected chi connectivity index (χ2v) is 7.77. The molecule has 3 rings (SSSR count). The summed E-state index contributed by atoms with van der Waals surface area (Å²) in [6.07, 6.45) is 0.981. The van der Waals surface area contributed by atoms with Gasteiger partial charge in [-0.1, -0.05) is 36.8 Å². The minimum absolute atomic E-state index is 0.0927. The van der Waals surface area contributed by atoms with E-state index in [0.29, 0.717) is 0 Å². The molecule has 25 heavy (non-hydrogen) atoms. The first-order chi connectivity index (χ1) is 11.9. The summed E-state index contributed by atoms with van der Waals surface area (Å²) >= 11 is 0. The van der Waals surface area contributed by atoms with E-state index in [9.17, 15) is 0 Å². The maximum Gasteiger partial charge on any atom is 0.173 e. The Morgan fingerprint density at radius 2 is 1.72 bits per heavy atom. The Bertz CT molecular complexity index is 682. The molecule has 1 aliphatic heterocycles. The molecule has 1 aliphatic rings. The molecule has 1 aromatic carbocycles. The van der Waals surface area contributed by atoms with Crippen LogP contribution in [0.1, 0.15) is 50.2 Å². The van der Waals surface area contributed by atoms with E-state index in [1.54, 1.807) is 0 Å². The van der Waals surface area contributed by atoms with Crippen molar-refractivity contribution in [3.8, 4) is 0 Å². The number of hydrogen-bond donors (Lipinski definition) is 0. The predicted octanol–water partition coefficient (Wildman–Crippen LogP) is 2.46. The first-order valence-electron chi connectivity index (χ1n) is 9.20. The molecule has 1 aromatic heterocycles. The zero-order valence-corrected chi connectivity index (χ0v) is 16.1. The van der Waals surface area contributed by atoms with Gasteiger partial charge in [-0.15, -0.1) is 5.10 Å². The van der Waals surface area contributed by atoms with Crippen molar-refractivity contribution in [2.75, 3.05) is 33.2 Å². The number of likely N-dealkylation sites (N-methyl/N-ethyl adjacent to an activating group) is 1. The Kier molecular flexibility index (Phi) is 5.20. The van der Waals surface area contributed by atoms with E-state index in [1.165, 1.54) is 11.1 Å². The molecule has 1 fully saturated rings. The number of rotatable bonds is 5. The van der Waals surface area contributed by atoms with E-state index in [-0.39, 0.29) is 11.6 Å². The lowest BCUT2D eigenvalue weighted by molar-refractivity contribution is 0.117. The van der Waals surface area contributed by atoms with Gasteiger partial charge in [0.2, 0.25) is 0 Å². The Hall–Kier alpha value is -1.79. The number of piperazine rings is 1. The number of hydrogen-bond acceptors (Lipinski definition) is 5. The average molecular weight is 342 g/mol. The van der Waals surface area contributed by atoms with E-state index >= 15 is 0 Å². The van der Waals surface area contributed by atoms with Gasteiger partial charge in [-0.3, -0.25) is 4.90 Å². The number of tetrazole rings is 1. The minimum Gasteiger partial charge on any atom is -0.304 e. The quantitative estimate of drug-likeness (QED) is 0.835. The van der Waals surface area contributed by atoms with E-state index in [2.05, 4.69) is 84.3 Å². The molecule has 0 N–H and O–H groups in total. The molecular formula is C19H30N6. The topological polar surface area (TPSA) is 50.1 Å². The van der Waals surface area contributed by atoms with Gasteiger partial charge < -0.3 is 4.90 Å². The van der Waals surface area contributed by atoms with Crippen LogP contribution in [0.15, 0.2) is 24.3 Å². The van der Waals surface area contributed by atoms with Crippen LogP contribution in [0, 0.1) is 6.92 Å². The SMILES string of the molecule is CCC(C)(C)n1nnnc1[C@@H](c1ccc(C)cc1)N1CCN(C)CC1. The fraction of sp³-hybridized carbons (Fsp3) is 0.632. The summed E-state index contributed by atoms with van der Waals surface area (Å²) in [5.41, 5.74) is 2.43. The highest BCUT2D eigenvalue weighted by Gasteiger charge is 2.33. The van der Waals surface area contributed by atoms with Crippen molar-refractivity contribution < 1.29 is 0 Å². The molecule has 0 unspecified atom stereocenters. The summed E-state index contributed by atoms with van der Waals surface area (Å²) < 4.78 is 2.02. The van der Waals surface area contributed by atoms with Gasteiger partial charge in [0.1, 0.15) is 0 Å². The van der Waals surface area contributed by atoms with E-state index in [4.69, 9.17) is 0 Å². The van der Waals surface area contributed by atoms with Crippen molar-refractivity contribution in [3.63, 3.8) is 0 Å². The van der Waals surface area contributed by atoms with Crippen LogP contribution in [-0.4, -0.2) is 63.2 Å². The lowest BCUT2D eigenvalue weighted by atomic mass is 9.98. The largest absolute Gasteiger partial charge is 0.304 e. The zero-order chi connectivity index (χ0) is 18.0. The van der Waals surface area contributed by atoms with Gasteiger partial charge in [-0.05, 0) is 50.2 Å². The van der Waals surface area contributed by atoms with Gasteiger partial charge in [-0.2, -0.15) is 0 Å². The van der Waals surface area contributed by atoms with Crippen LogP contribution in [0.25, 0.3) is 0 Å². The maximum absolute atomic E-state index is 4.47. The third-order valence-corrected chi connectivity index (χ3v) is 5.47. The van der Waals surface area contributed by atoms with Crippen LogP contribution < -0.4 is 0 Å². The fourth-order valence-electron chi connectivity index (χ4n) is 3.30. The standard InChI is InChI=1S/C19H30N6/c1-6-19(3,4)25-18(20-21-22-25)17(16-9-7-15(2)8-10-16)24-13-11-23(5)12-14-24/h7-10,17H,6,11-14H2,1-5H3/t17-/m1/s1. The second-order valence-electron chi connectivity index (χ2n) is 7.77. The molecule has 0 radical (unpaired) electrons. The summed E-state index contributed by atoms with van der Waals surface area (Å²) in [5, 5.41) is 12.9. The number of benzene rings is 1. The molecule has 2 heterocycles. The van der Waals surface area contributed by atoms with Gasteiger partial charge in [-0.25, -0.2) is 4.68 Å². The Balaban J connectivity index is 2.03. The fourth-order valence-corrected chi connectivity index (χ4v) is 3.30. The van der Waals surface area contributed by atoms with Crippen molar-refractivity contribution in [2.24, 2.45) is 0 Å². The van der Waals surface area contributed by atoms with Crippen molar-refractivity contribution in [1.82, 2.24) is 30.0 Å². The second kappa shape index (κ2) is 7.22. The number of aryl methyl sites for hydroxylation is 1. The van der Waals surface area contributed by atoms with E-state index in [0.717, 1.165) is 38.4 Å². The Morgan fingerprint density at radius 3 is 2.32 bits per heavy atom. The summed E-state index contributed by atoms with van der Waals surface area (Å²) in [7, 11) is 2.18. The molecule has 6 nitrogen and oxygen atoms in total. The highest BCUT2D eigenvalue weighted by molar-refractivity contribution is 5.28. The normalized spacial score (nSPS) is 18.4. The van der Waals surface area contributed by atoms with Crippen LogP contribution in [0.2, 0.25) is 0 Å². The Labute approximate surface area is 150 Å². The molecule has 0 aliphatic carbocycles. The molecule has 0 amide bonds.